The van der Waals surface area contributed by atoms with Crippen LogP contribution < -0.4 is 4.89 Å². The summed E-state index contributed by atoms with van der Waals surface area (Å²) < 4.78 is 9.18. The first-order valence-electron chi connectivity index (χ1n) is 2.65. The van der Waals surface area contributed by atoms with Crippen LogP contribution in [0.2, 0.25) is 0 Å². The van der Waals surface area contributed by atoms with E-state index in [2.05, 4.69) is 15.6 Å². The van der Waals surface area contributed by atoms with E-state index in [-0.39, 0.29) is 6.61 Å². The van der Waals surface area contributed by atoms with E-state index in [1.54, 1.807) is 6.92 Å². The molecule has 0 N–H and O–H groups in total. The highest BCUT2D eigenvalue weighted by Crippen LogP contribution is 2.26. The first kappa shape index (κ1) is 9.05. The largest absolute Gasteiger partial charge is 0.786 e. The van der Waals surface area contributed by atoms with Gasteiger partial charge in [0.2, 0.25) is 0 Å². The van der Waals surface area contributed by atoms with Gasteiger partial charge in [-0.25, -0.2) is 0 Å². The molecule has 0 aromatic rings. The molecule has 0 rings (SSSR count). The minimum Gasteiger partial charge on any atom is -0.786 e. The highest BCUT2D eigenvalue weighted by molar-refractivity contribution is 7.39. The summed E-state index contributed by atoms with van der Waals surface area (Å²) in [5.41, 5.74) is 0. The fourth-order valence-electron chi connectivity index (χ4n) is 0.256. The maximum absolute atomic E-state index is 10.5. The van der Waals surface area contributed by atoms with E-state index in [4.69, 9.17) is 0 Å². The highest BCUT2D eigenvalue weighted by Gasteiger charge is 1.88. The van der Waals surface area contributed by atoms with Gasteiger partial charge in [0.25, 0.3) is 0 Å². The molecule has 0 bridgehead atoms. The van der Waals surface area contributed by atoms with Gasteiger partial charge in [-0.3, -0.25) is 0 Å². The Labute approximate surface area is 56.3 Å². The van der Waals surface area contributed by atoms with Gasteiger partial charge in [0, 0.05) is 6.61 Å². The summed E-state index contributed by atoms with van der Waals surface area (Å²) in [7, 11) is -1.91. The van der Waals surface area contributed by atoms with E-state index in [9.17, 15) is 4.89 Å². The second kappa shape index (κ2) is 6.17. The minimum absolute atomic E-state index is 0.273. The van der Waals surface area contributed by atoms with Gasteiger partial charge in [-0.1, -0.05) is 6.08 Å². The molecule has 0 fully saturated rings. The van der Waals surface area contributed by atoms with Crippen molar-refractivity contribution < 1.29 is 13.9 Å². The van der Waals surface area contributed by atoms with Crippen molar-refractivity contribution >= 4 is 8.60 Å². The number of rotatable bonds is 5. The second-order valence-electron chi connectivity index (χ2n) is 1.23. The van der Waals surface area contributed by atoms with Crippen LogP contribution in [0.25, 0.3) is 0 Å². The van der Waals surface area contributed by atoms with E-state index in [0.717, 1.165) is 0 Å². The van der Waals surface area contributed by atoms with E-state index in [0.29, 0.717) is 6.61 Å². The Morgan fingerprint density at radius 1 is 1.67 bits per heavy atom. The second-order valence-corrected chi connectivity index (χ2v) is 2.19. The van der Waals surface area contributed by atoms with Crippen LogP contribution >= 0.6 is 8.60 Å². The molecule has 4 heteroatoms. The predicted octanol–water partition coefficient (Wildman–Crippen LogP) is 0.813. The molecule has 0 aromatic heterocycles. The van der Waals surface area contributed by atoms with Crippen molar-refractivity contribution in [2.24, 2.45) is 0 Å². The van der Waals surface area contributed by atoms with Crippen LogP contribution in [-0.2, 0) is 9.05 Å². The minimum atomic E-state index is -1.91. The summed E-state index contributed by atoms with van der Waals surface area (Å²) >= 11 is 0. The standard InChI is InChI=1S/C5H10O3P/c1-3-5-8-9(6)7-4-2/h3H,1,4-5H2,2H3/q-1. The van der Waals surface area contributed by atoms with Gasteiger partial charge in [0.05, 0.1) is 15.2 Å². The zero-order valence-corrected chi connectivity index (χ0v) is 6.27. The molecule has 0 aliphatic heterocycles. The normalized spacial score (nSPS) is 13.1. The first-order valence-corrected chi connectivity index (χ1v) is 3.74. The van der Waals surface area contributed by atoms with Crippen LogP contribution in [0.3, 0.4) is 0 Å². The molecule has 0 aliphatic carbocycles. The van der Waals surface area contributed by atoms with Crippen molar-refractivity contribution in [1.29, 1.82) is 0 Å². The fraction of sp³-hybridized carbons (Fsp3) is 0.600. The van der Waals surface area contributed by atoms with Crippen molar-refractivity contribution in [3.63, 3.8) is 0 Å². The predicted molar refractivity (Wildman–Crippen MR) is 34.7 cm³/mol. The molecule has 0 saturated carbocycles. The van der Waals surface area contributed by atoms with Crippen molar-refractivity contribution in [1.82, 2.24) is 0 Å². The molecule has 3 nitrogen and oxygen atoms in total. The van der Waals surface area contributed by atoms with Crippen molar-refractivity contribution in [3.05, 3.63) is 12.7 Å². The molecular formula is C5H10O3P-. The van der Waals surface area contributed by atoms with Crippen molar-refractivity contribution in [2.45, 2.75) is 6.92 Å². The summed E-state index contributed by atoms with van der Waals surface area (Å²) in [6.07, 6.45) is 1.52. The first-order chi connectivity index (χ1) is 4.31. The summed E-state index contributed by atoms with van der Waals surface area (Å²) in [6, 6.07) is 0. The molecule has 0 radical (unpaired) electrons. The molecule has 54 valence electrons. The SMILES string of the molecule is C=CCOP([O-])OCC. The van der Waals surface area contributed by atoms with Gasteiger partial charge in [0.1, 0.15) is 0 Å². The quantitative estimate of drug-likeness (QED) is 0.429. The lowest BCUT2D eigenvalue weighted by Crippen LogP contribution is -2.02. The van der Waals surface area contributed by atoms with Crippen molar-refractivity contribution in [2.75, 3.05) is 13.2 Å². The zero-order chi connectivity index (χ0) is 7.11. The van der Waals surface area contributed by atoms with Crippen LogP contribution in [-0.4, -0.2) is 13.2 Å². The van der Waals surface area contributed by atoms with Crippen LogP contribution in [0.1, 0.15) is 6.92 Å². The van der Waals surface area contributed by atoms with Crippen LogP contribution in [0.4, 0.5) is 0 Å². The van der Waals surface area contributed by atoms with Crippen molar-refractivity contribution in [3.8, 4) is 0 Å². The Balaban J connectivity index is 3.04. The van der Waals surface area contributed by atoms with Gasteiger partial charge in [-0.2, -0.15) is 0 Å². The van der Waals surface area contributed by atoms with E-state index in [1.165, 1.54) is 6.08 Å². The molecule has 1 atom stereocenters. The molecule has 0 aromatic carbocycles. The Morgan fingerprint density at radius 3 is 2.78 bits per heavy atom. The fourth-order valence-corrected chi connectivity index (χ4v) is 0.769. The summed E-state index contributed by atoms with van der Waals surface area (Å²) in [6.45, 7) is 5.82. The summed E-state index contributed by atoms with van der Waals surface area (Å²) in [5, 5.41) is 0. The average molecular weight is 149 g/mol. The Bertz CT molecular complexity index is 76.6. The molecular weight excluding hydrogens is 139 g/mol. The van der Waals surface area contributed by atoms with E-state index < -0.39 is 8.60 Å². The topological polar surface area (TPSA) is 41.5 Å². The summed E-state index contributed by atoms with van der Waals surface area (Å²) in [4.78, 5) is 10.5. The maximum Gasteiger partial charge on any atom is 0.0833 e. The van der Waals surface area contributed by atoms with Crippen LogP contribution in [0, 0.1) is 0 Å². The lowest BCUT2D eigenvalue weighted by Gasteiger charge is -2.19. The zero-order valence-electron chi connectivity index (χ0n) is 5.37. The number of hydrogen-bond donors (Lipinski definition) is 0. The smallest absolute Gasteiger partial charge is 0.0833 e. The van der Waals surface area contributed by atoms with Gasteiger partial charge in [-0.15, -0.1) is 6.58 Å². The third kappa shape index (κ3) is 5.93. The lowest BCUT2D eigenvalue weighted by atomic mass is 10.7. The van der Waals surface area contributed by atoms with Gasteiger partial charge in [-0.05, 0) is 6.92 Å². The van der Waals surface area contributed by atoms with Gasteiger partial charge in [0.15, 0.2) is 0 Å². The Morgan fingerprint density at radius 2 is 2.33 bits per heavy atom. The molecule has 0 aliphatic rings. The Kier molecular flexibility index (Phi) is 6.21. The van der Waals surface area contributed by atoms with Gasteiger partial charge >= 0.3 is 0 Å². The molecule has 9 heavy (non-hydrogen) atoms. The van der Waals surface area contributed by atoms with E-state index >= 15 is 0 Å². The molecule has 0 amide bonds. The van der Waals surface area contributed by atoms with Crippen LogP contribution in [0.5, 0.6) is 0 Å². The lowest BCUT2D eigenvalue weighted by molar-refractivity contribution is -0.203. The third-order valence-corrected chi connectivity index (χ3v) is 1.36. The molecule has 0 heterocycles. The molecule has 1 unspecified atom stereocenters. The summed E-state index contributed by atoms with van der Waals surface area (Å²) in [5.74, 6) is 0. The van der Waals surface area contributed by atoms with Crippen LogP contribution in [0.15, 0.2) is 12.7 Å². The maximum atomic E-state index is 10.5. The molecule has 0 saturated heterocycles. The van der Waals surface area contributed by atoms with Gasteiger partial charge < -0.3 is 13.9 Å². The Hall–Kier alpha value is 0.0500. The molecule has 0 spiro atoms. The average Bonchev–Trinajstić information content (AvgIpc) is 1.85. The number of hydrogen-bond acceptors (Lipinski definition) is 3. The highest BCUT2D eigenvalue weighted by atomic mass is 31.2. The van der Waals surface area contributed by atoms with E-state index in [1.807, 2.05) is 0 Å². The monoisotopic (exact) mass is 149 g/mol. The third-order valence-electron chi connectivity index (χ3n) is 0.532.